The van der Waals surface area contributed by atoms with Crippen LogP contribution < -0.4 is 10.2 Å². The van der Waals surface area contributed by atoms with E-state index >= 15 is 0 Å². The molecule has 0 aliphatic heterocycles. The van der Waals surface area contributed by atoms with E-state index in [1.54, 1.807) is 6.07 Å². The van der Waals surface area contributed by atoms with Crippen molar-refractivity contribution in [1.82, 2.24) is 0 Å². The quantitative estimate of drug-likeness (QED) is 0.876. The Kier molecular flexibility index (Phi) is 5.55. The molecule has 0 aliphatic rings. The number of hydrogen-bond donors (Lipinski definition) is 1. The van der Waals surface area contributed by atoms with Crippen LogP contribution in [0.15, 0.2) is 46.9 Å². The Morgan fingerprint density at radius 2 is 1.70 bits per heavy atom. The lowest BCUT2D eigenvalue weighted by Crippen LogP contribution is -2.37. The van der Waals surface area contributed by atoms with Gasteiger partial charge in [0.25, 0.3) is 0 Å². The van der Waals surface area contributed by atoms with Crippen molar-refractivity contribution in [2.24, 2.45) is 0 Å². The number of hydrogen-bond acceptors (Lipinski definition) is 2. The standard InChI is InChI=1S/C18H19BrN2O2/c1-12-6-4-7-13(2)18(12)21(14(3)22)11-17(23)20-16-9-5-8-15(19)10-16/h4-10H,11H2,1-3H3,(H,20,23). The molecule has 23 heavy (non-hydrogen) atoms. The van der Waals surface area contributed by atoms with Gasteiger partial charge in [0, 0.05) is 17.1 Å². The van der Waals surface area contributed by atoms with E-state index < -0.39 is 0 Å². The molecule has 2 amide bonds. The van der Waals surface area contributed by atoms with E-state index in [0.717, 1.165) is 21.3 Å². The maximum Gasteiger partial charge on any atom is 0.244 e. The number of amides is 2. The Labute approximate surface area is 144 Å². The van der Waals surface area contributed by atoms with Gasteiger partial charge in [0.15, 0.2) is 0 Å². The van der Waals surface area contributed by atoms with Gasteiger partial charge in [0.2, 0.25) is 11.8 Å². The first-order chi connectivity index (χ1) is 10.9. The van der Waals surface area contributed by atoms with E-state index in [1.807, 2.05) is 50.2 Å². The fraction of sp³-hybridized carbons (Fsp3) is 0.222. The molecule has 0 saturated carbocycles. The van der Waals surface area contributed by atoms with Gasteiger partial charge in [0.05, 0.1) is 5.69 Å². The molecule has 0 aromatic heterocycles. The van der Waals surface area contributed by atoms with E-state index in [4.69, 9.17) is 0 Å². The number of carbonyl (C=O) groups is 2. The normalized spacial score (nSPS) is 10.3. The average molecular weight is 375 g/mol. The first-order valence-corrected chi connectivity index (χ1v) is 8.07. The second-order valence-electron chi connectivity index (χ2n) is 5.40. The molecule has 0 radical (unpaired) electrons. The Hall–Kier alpha value is -2.14. The SMILES string of the molecule is CC(=O)N(CC(=O)Nc1cccc(Br)c1)c1c(C)cccc1C. The highest BCUT2D eigenvalue weighted by atomic mass is 79.9. The Balaban J connectivity index is 2.20. The van der Waals surface area contributed by atoms with Gasteiger partial charge in [-0.3, -0.25) is 9.59 Å². The second kappa shape index (κ2) is 7.42. The molecule has 5 heteroatoms. The molecule has 0 aliphatic carbocycles. The van der Waals surface area contributed by atoms with Crippen molar-refractivity contribution in [2.75, 3.05) is 16.8 Å². The summed E-state index contributed by atoms with van der Waals surface area (Å²) in [6, 6.07) is 13.2. The van der Waals surface area contributed by atoms with Gasteiger partial charge in [-0.1, -0.05) is 40.2 Å². The summed E-state index contributed by atoms with van der Waals surface area (Å²) in [5, 5.41) is 2.81. The van der Waals surface area contributed by atoms with E-state index in [9.17, 15) is 9.59 Å². The lowest BCUT2D eigenvalue weighted by Gasteiger charge is -2.24. The summed E-state index contributed by atoms with van der Waals surface area (Å²) >= 11 is 3.37. The van der Waals surface area contributed by atoms with Crippen LogP contribution in [-0.2, 0) is 9.59 Å². The lowest BCUT2D eigenvalue weighted by atomic mass is 10.1. The molecule has 0 heterocycles. The number of carbonyl (C=O) groups excluding carboxylic acids is 2. The predicted octanol–water partition coefficient (Wildman–Crippen LogP) is 4.06. The van der Waals surface area contributed by atoms with Crippen LogP contribution in [0.5, 0.6) is 0 Å². The van der Waals surface area contributed by atoms with Gasteiger partial charge in [-0.15, -0.1) is 0 Å². The van der Waals surface area contributed by atoms with Crippen LogP contribution >= 0.6 is 15.9 Å². The lowest BCUT2D eigenvalue weighted by molar-refractivity contribution is -0.120. The van der Waals surface area contributed by atoms with E-state index in [1.165, 1.54) is 11.8 Å². The van der Waals surface area contributed by atoms with Crippen molar-refractivity contribution in [1.29, 1.82) is 0 Å². The van der Waals surface area contributed by atoms with Crippen LogP contribution in [0.3, 0.4) is 0 Å². The molecular weight excluding hydrogens is 356 g/mol. The number of anilines is 2. The van der Waals surface area contributed by atoms with Crippen molar-refractivity contribution < 1.29 is 9.59 Å². The molecule has 2 aromatic carbocycles. The summed E-state index contributed by atoms with van der Waals surface area (Å²) in [6.45, 7) is 5.32. The highest BCUT2D eigenvalue weighted by molar-refractivity contribution is 9.10. The molecule has 1 N–H and O–H groups in total. The van der Waals surface area contributed by atoms with Crippen LogP contribution in [0.25, 0.3) is 0 Å². The monoisotopic (exact) mass is 374 g/mol. The molecule has 0 bridgehead atoms. The highest BCUT2D eigenvalue weighted by Crippen LogP contribution is 2.25. The van der Waals surface area contributed by atoms with Crippen LogP contribution in [0.4, 0.5) is 11.4 Å². The largest absolute Gasteiger partial charge is 0.324 e. The molecule has 2 aromatic rings. The molecule has 120 valence electrons. The van der Waals surface area contributed by atoms with Crippen LogP contribution in [0.2, 0.25) is 0 Å². The van der Waals surface area contributed by atoms with Crippen LogP contribution in [0.1, 0.15) is 18.1 Å². The van der Waals surface area contributed by atoms with Crippen molar-refractivity contribution in [2.45, 2.75) is 20.8 Å². The van der Waals surface area contributed by atoms with Gasteiger partial charge >= 0.3 is 0 Å². The minimum Gasteiger partial charge on any atom is -0.324 e. The summed E-state index contributed by atoms with van der Waals surface area (Å²) in [5.74, 6) is -0.396. The number of aryl methyl sites for hydroxylation is 2. The maximum atomic E-state index is 12.3. The molecule has 4 nitrogen and oxygen atoms in total. The molecule has 0 unspecified atom stereocenters. The van der Waals surface area contributed by atoms with Crippen LogP contribution in [0, 0.1) is 13.8 Å². The zero-order chi connectivity index (χ0) is 17.0. The first-order valence-electron chi connectivity index (χ1n) is 7.28. The average Bonchev–Trinajstić information content (AvgIpc) is 2.45. The van der Waals surface area contributed by atoms with E-state index in [0.29, 0.717) is 5.69 Å². The summed E-state index contributed by atoms with van der Waals surface area (Å²) < 4.78 is 0.883. The van der Waals surface area contributed by atoms with Crippen LogP contribution in [-0.4, -0.2) is 18.4 Å². The number of benzene rings is 2. The summed E-state index contributed by atoms with van der Waals surface area (Å²) in [7, 11) is 0. The molecular formula is C18H19BrN2O2. The molecule has 0 atom stereocenters. The van der Waals surface area contributed by atoms with Gasteiger partial charge in [-0.05, 0) is 43.2 Å². The van der Waals surface area contributed by atoms with Crippen molar-refractivity contribution in [3.8, 4) is 0 Å². The number of halogens is 1. The van der Waals surface area contributed by atoms with Crippen molar-refractivity contribution in [3.05, 3.63) is 58.1 Å². The Morgan fingerprint density at radius 1 is 1.09 bits per heavy atom. The van der Waals surface area contributed by atoms with Gasteiger partial charge in [-0.25, -0.2) is 0 Å². The van der Waals surface area contributed by atoms with Gasteiger partial charge in [0.1, 0.15) is 6.54 Å². The number of nitrogens with one attached hydrogen (secondary N) is 1. The van der Waals surface area contributed by atoms with Gasteiger partial charge < -0.3 is 10.2 Å². The maximum absolute atomic E-state index is 12.3. The fourth-order valence-electron chi connectivity index (χ4n) is 2.49. The Morgan fingerprint density at radius 3 is 2.26 bits per heavy atom. The zero-order valence-electron chi connectivity index (χ0n) is 13.4. The second-order valence-corrected chi connectivity index (χ2v) is 6.32. The number of nitrogens with zero attached hydrogens (tertiary/aromatic N) is 1. The number of para-hydroxylation sites is 1. The van der Waals surface area contributed by atoms with E-state index in [-0.39, 0.29) is 18.4 Å². The van der Waals surface area contributed by atoms with E-state index in [2.05, 4.69) is 21.2 Å². The third-order valence-electron chi connectivity index (χ3n) is 3.50. The third kappa shape index (κ3) is 4.42. The minimum atomic E-state index is -0.235. The highest BCUT2D eigenvalue weighted by Gasteiger charge is 2.19. The fourth-order valence-corrected chi connectivity index (χ4v) is 2.89. The summed E-state index contributed by atoms with van der Waals surface area (Å²) in [6.07, 6.45) is 0. The topological polar surface area (TPSA) is 49.4 Å². The number of rotatable bonds is 4. The summed E-state index contributed by atoms with van der Waals surface area (Å²) in [5.41, 5.74) is 3.42. The molecule has 2 rings (SSSR count). The summed E-state index contributed by atoms with van der Waals surface area (Å²) in [4.78, 5) is 25.9. The van der Waals surface area contributed by atoms with Gasteiger partial charge in [-0.2, -0.15) is 0 Å². The predicted molar refractivity (Wildman–Crippen MR) is 96.7 cm³/mol. The molecule has 0 spiro atoms. The Bertz CT molecular complexity index is 723. The first kappa shape index (κ1) is 17.2. The van der Waals surface area contributed by atoms with Crippen molar-refractivity contribution >= 4 is 39.1 Å². The third-order valence-corrected chi connectivity index (χ3v) is 3.99. The van der Waals surface area contributed by atoms with Crippen molar-refractivity contribution in [3.63, 3.8) is 0 Å². The smallest absolute Gasteiger partial charge is 0.244 e. The molecule has 0 saturated heterocycles. The minimum absolute atomic E-state index is 0.0203. The molecule has 0 fully saturated rings. The zero-order valence-corrected chi connectivity index (χ0v) is 15.0.